The van der Waals surface area contributed by atoms with Crippen molar-refractivity contribution in [2.45, 2.75) is 31.6 Å². The molecule has 1 rings (SSSR count). The molecule has 0 aliphatic carbocycles. The maximum atomic E-state index is 12.7. The highest BCUT2D eigenvalue weighted by molar-refractivity contribution is 7.88. The Morgan fingerprint density at radius 2 is 1.94 bits per heavy atom. The van der Waals surface area contributed by atoms with Gasteiger partial charge in [0.1, 0.15) is 5.82 Å². The van der Waals surface area contributed by atoms with Crippen LogP contribution in [-0.2, 0) is 15.8 Å². The number of sulfonamides is 1. The highest BCUT2D eigenvalue weighted by Gasteiger charge is 2.15. The Morgan fingerprint density at radius 3 is 2.50 bits per heavy atom. The second-order valence-corrected chi connectivity index (χ2v) is 6.02. The molecule has 0 heterocycles. The van der Waals surface area contributed by atoms with Crippen LogP contribution in [0.5, 0.6) is 0 Å². The second kappa shape index (κ2) is 6.82. The average Bonchev–Trinajstić information content (AvgIpc) is 2.28. The van der Waals surface area contributed by atoms with Gasteiger partial charge in [-0.15, -0.1) is 0 Å². The van der Waals surface area contributed by atoms with Crippen LogP contribution in [0, 0.1) is 5.82 Å². The number of rotatable bonds is 7. The summed E-state index contributed by atoms with van der Waals surface area (Å²) in [5.41, 5.74) is 0.540. The summed E-state index contributed by atoms with van der Waals surface area (Å²) in [6, 6.07) is 5.16. The topological polar surface area (TPSA) is 66.4 Å². The van der Waals surface area contributed by atoms with E-state index in [0.29, 0.717) is 18.4 Å². The third-order valence-corrected chi connectivity index (χ3v) is 3.92. The fraction of sp³-hybridized carbons (Fsp3) is 0.500. The molecule has 0 radical (unpaired) electrons. The van der Waals surface area contributed by atoms with E-state index in [2.05, 4.69) is 4.72 Å². The standard InChI is InChI=1S/C12H18FNO3S/c1-10(3-2-8-15)14-18(16,17)9-11-4-6-12(13)7-5-11/h4-7,10,14-15H,2-3,8-9H2,1H3. The molecule has 0 saturated heterocycles. The Bertz CT molecular complexity index is 459. The maximum Gasteiger partial charge on any atom is 0.216 e. The van der Waals surface area contributed by atoms with Crippen molar-refractivity contribution in [3.8, 4) is 0 Å². The lowest BCUT2D eigenvalue weighted by molar-refractivity contribution is 0.279. The molecule has 0 fully saturated rings. The van der Waals surface area contributed by atoms with E-state index in [1.165, 1.54) is 24.3 Å². The molecule has 1 unspecified atom stereocenters. The Balaban J connectivity index is 2.56. The Kier molecular flexibility index (Phi) is 5.71. The van der Waals surface area contributed by atoms with Gasteiger partial charge in [0.15, 0.2) is 0 Å². The van der Waals surface area contributed by atoms with E-state index in [9.17, 15) is 12.8 Å². The lowest BCUT2D eigenvalue weighted by atomic mass is 10.2. The van der Waals surface area contributed by atoms with Gasteiger partial charge in [-0.05, 0) is 37.5 Å². The predicted octanol–water partition coefficient (Wildman–Crippen LogP) is 1.41. The molecule has 18 heavy (non-hydrogen) atoms. The van der Waals surface area contributed by atoms with Gasteiger partial charge < -0.3 is 5.11 Å². The summed E-state index contributed by atoms with van der Waals surface area (Å²) < 4.78 is 38.8. The average molecular weight is 275 g/mol. The fourth-order valence-electron chi connectivity index (χ4n) is 1.60. The van der Waals surface area contributed by atoms with Crippen LogP contribution < -0.4 is 4.72 Å². The Labute approximate surface area is 107 Å². The number of hydrogen-bond donors (Lipinski definition) is 2. The molecule has 6 heteroatoms. The van der Waals surface area contributed by atoms with Crippen LogP contribution in [0.25, 0.3) is 0 Å². The summed E-state index contributed by atoms with van der Waals surface area (Å²) >= 11 is 0. The fourth-order valence-corrected chi connectivity index (χ4v) is 3.05. The second-order valence-electron chi connectivity index (χ2n) is 4.27. The minimum Gasteiger partial charge on any atom is -0.396 e. The number of aliphatic hydroxyl groups excluding tert-OH is 1. The van der Waals surface area contributed by atoms with E-state index in [1.807, 2.05) is 0 Å². The molecule has 0 aromatic heterocycles. The van der Waals surface area contributed by atoms with Crippen LogP contribution >= 0.6 is 0 Å². The van der Waals surface area contributed by atoms with Crippen LogP contribution in [0.3, 0.4) is 0 Å². The van der Waals surface area contributed by atoms with E-state index < -0.39 is 10.0 Å². The highest BCUT2D eigenvalue weighted by Crippen LogP contribution is 2.08. The molecular weight excluding hydrogens is 257 g/mol. The molecular formula is C12H18FNO3S. The van der Waals surface area contributed by atoms with E-state index in [1.54, 1.807) is 6.92 Å². The van der Waals surface area contributed by atoms with Crippen molar-refractivity contribution < 1.29 is 17.9 Å². The summed E-state index contributed by atoms with van der Waals surface area (Å²) in [6.45, 7) is 1.79. The van der Waals surface area contributed by atoms with Gasteiger partial charge >= 0.3 is 0 Å². The van der Waals surface area contributed by atoms with E-state index in [0.717, 1.165) is 0 Å². The van der Waals surface area contributed by atoms with Gasteiger partial charge in [0, 0.05) is 12.6 Å². The van der Waals surface area contributed by atoms with Crippen molar-refractivity contribution in [3.63, 3.8) is 0 Å². The minimum absolute atomic E-state index is 0.0457. The Morgan fingerprint density at radius 1 is 1.33 bits per heavy atom. The van der Waals surface area contributed by atoms with Gasteiger partial charge in [0.2, 0.25) is 10.0 Å². The van der Waals surface area contributed by atoms with E-state index >= 15 is 0 Å². The zero-order valence-electron chi connectivity index (χ0n) is 10.3. The van der Waals surface area contributed by atoms with Gasteiger partial charge in [0.25, 0.3) is 0 Å². The van der Waals surface area contributed by atoms with Gasteiger partial charge in [-0.1, -0.05) is 12.1 Å². The third-order valence-electron chi connectivity index (χ3n) is 2.45. The molecule has 1 atom stereocenters. The Hall–Kier alpha value is -0.980. The molecule has 102 valence electrons. The van der Waals surface area contributed by atoms with Crippen LogP contribution in [0.2, 0.25) is 0 Å². The molecule has 0 aliphatic heterocycles. The van der Waals surface area contributed by atoms with Crippen molar-refractivity contribution in [2.24, 2.45) is 0 Å². The summed E-state index contributed by atoms with van der Waals surface area (Å²) in [4.78, 5) is 0. The molecule has 2 N–H and O–H groups in total. The van der Waals surface area contributed by atoms with Gasteiger partial charge in [-0.2, -0.15) is 0 Å². The molecule has 4 nitrogen and oxygen atoms in total. The van der Waals surface area contributed by atoms with Crippen LogP contribution in [0.15, 0.2) is 24.3 Å². The first kappa shape index (κ1) is 15.1. The van der Waals surface area contributed by atoms with Crippen LogP contribution in [0.1, 0.15) is 25.3 Å². The number of hydrogen-bond acceptors (Lipinski definition) is 3. The molecule has 0 amide bonds. The van der Waals surface area contributed by atoms with Crippen LogP contribution in [-0.4, -0.2) is 26.2 Å². The smallest absolute Gasteiger partial charge is 0.216 e. The molecule has 0 saturated carbocycles. The zero-order valence-corrected chi connectivity index (χ0v) is 11.1. The molecule has 0 bridgehead atoms. The van der Waals surface area contributed by atoms with Gasteiger partial charge in [-0.25, -0.2) is 17.5 Å². The SMILES string of the molecule is CC(CCCO)NS(=O)(=O)Cc1ccc(F)cc1. The minimum atomic E-state index is -3.43. The van der Waals surface area contributed by atoms with E-state index in [-0.39, 0.29) is 24.2 Å². The van der Waals surface area contributed by atoms with Crippen molar-refractivity contribution in [1.29, 1.82) is 0 Å². The quantitative estimate of drug-likeness (QED) is 0.790. The van der Waals surface area contributed by atoms with Crippen LogP contribution in [0.4, 0.5) is 4.39 Å². The largest absolute Gasteiger partial charge is 0.396 e. The maximum absolute atomic E-state index is 12.7. The molecule has 0 spiro atoms. The first-order chi connectivity index (χ1) is 8.43. The number of nitrogens with one attached hydrogen (secondary N) is 1. The van der Waals surface area contributed by atoms with Gasteiger partial charge in [-0.3, -0.25) is 0 Å². The summed E-state index contributed by atoms with van der Waals surface area (Å²) in [7, 11) is -3.43. The predicted molar refractivity (Wildman–Crippen MR) is 67.9 cm³/mol. The van der Waals surface area contributed by atoms with E-state index in [4.69, 9.17) is 5.11 Å². The lowest BCUT2D eigenvalue weighted by Gasteiger charge is -2.13. The third kappa shape index (κ3) is 5.57. The lowest BCUT2D eigenvalue weighted by Crippen LogP contribution is -2.33. The molecule has 0 aliphatic rings. The summed E-state index contributed by atoms with van der Waals surface area (Å²) in [6.07, 6.45) is 1.14. The van der Waals surface area contributed by atoms with Crippen molar-refractivity contribution in [3.05, 3.63) is 35.6 Å². The number of halogens is 1. The highest BCUT2D eigenvalue weighted by atomic mass is 32.2. The number of aliphatic hydroxyl groups is 1. The monoisotopic (exact) mass is 275 g/mol. The van der Waals surface area contributed by atoms with Crippen molar-refractivity contribution >= 4 is 10.0 Å². The molecule has 1 aromatic rings. The number of benzene rings is 1. The van der Waals surface area contributed by atoms with Gasteiger partial charge in [0.05, 0.1) is 5.75 Å². The normalized spacial score (nSPS) is 13.5. The van der Waals surface area contributed by atoms with Crippen molar-refractivity contribution in [2.75, 3.05) is 6.61 Å². The molecule has 1 aromatic carbocycles. The summed E-state index contributed by atoms with van der Waals surface area (Å²) in [5, 5.41) is 8.66. The first-order valence-electron chi connectivity index (χ1n) is 5.78. The van der Waals surface area contributed by atoms with Crippen molar-refractivity contribution in [1.82, 2.24) is 4.72 Å². The summed E-state index contributed by atoms with van der Waals surface area (Å²) in [5.74, 6) is -0.558. The zero-order chi connectivity index (χ0) is 13.6. The first-order valence-corrected chi connectivity index (χ1v) is 7.43.